The van der Waals surface area contributed by atoms with Crippen LogP contribution in [0.2, 0.25) is 0 Å². The van der Waals surface area contributed by atoms with Crippen LogP contribution >= 0.6 is 35.3 Å². The van der Waals surface area contributed by atoms with E-state index in [1.807, 2.05) is 30.6 Å². The highest BCUT2D eigenvalue weighted by molar-refractivity contribution is 14.0. The van der Waals surface area contributed by atoms with Gasteiger partial charge in [0.15, 0.2) is 17.5 Å². The zero-order valence-electron chi connectivity index (χ0n) is 12.7. The van der Waals surface area contributed by atoms with Gasteiger partial charge >= 0.3 is 0 Å². The van der Waals surface area contributed by atoms with E-state index in [0.29, 0.717) is 25.7 Å². The second kappa shape index (κ2) is 8.34. The van der Waals surface area contributed by atoms with Gasteiger partial charge in [-0.05, 0) is 19.1 Å². The lowest BCUT2D eigenvalue weighted by Crippen LogP contribution is -2.22. The molecule has 23 heavy (non-hydrogen) atoms. The van der Waals surface area contributed by atoms with Crippen LogP contribution in [0.15, 0.2) is 28.7 Å². The fourth-order valence-electron chi connectivity index (χ4n) is 2.06. The van der Waals surface area contributed by atoms with Crippen LogP contribution in [0.25, 0.3) is 0 Å². The number of nitrogens with two attached hydrogens (primary N) is 1. The number of aryl methyl sites for hydroxylation is 1. The van der Waals surface area contributed by atoms with Crippen LogP contribution in [0, 0.1) is 6.92 Å². The van der Waals surface area contributed by atoms with Gasteiger partial charge in [0.2, 0.25) is 0 Å². The maximum absolute atomic E-state index is 5.93. The zero-order chi connectivity index (χ0) is 15.4. The number of hydrogen-bond donors (Lipinski definition) is 2. The summed E-state index contributed by atoms with van der Waals surface area (Å²) in [7, 11) is 0. The fraction of sp³-hybridized carbons (Fsp3) is 0.333. The Kier molecular flexibility index (Phi) is 6.46. The monoisotopic (exact) mass is 446 g/mol. The van der Waals surface area contributed by atoms with E-state index in [-0.39, 0.29) is 24.0 Å². The molecule has 0 unspecified atom stereocenters. The molecule has 0 radical (unpaired) electrons. The van der Waals surface area contributed by atoms with E-state index in [2.05, 4.69) is 15.3 Å². The van der Waals surface area contributed by atoms with Gasteiger partial charge in [-0.1, -0.05) is 0 Å². The van der Waals surface area contributed by atoms with Gasteiger partial charge in [-0.2, -0.15) is 0 Å². The van der Waals surface area contributed by atoms with Crippen molar-refractivity contribution in [2.75, 3.05) is 18.5 Å². The minimum absolute atomic E-state index is 0. The second-order valence-electron chi connectivity index (χ2n) is 4.90. The second-order valence-corrected chi connectivity index (χ2v) is 5.84. The molecule has 8 heteroatoms. The molecule has 0 spiro atoms. The first-order chi connectivity index (χ1) is 10.7. The Labute approximate surface area is 156 Å². The Morgan fingerprint density at radius 2 is 2.13 bits per heavy atom. The molecular weight excluding hydrogens is 427 g/mol. The number of aromatic nitrogens is 1. The van der Waals surface area contributed by atoms with Crippen molar-refractivity contribution in [2.24, 2.45) is 10.7 Å². The van der Waals surface area contributed by atoms with Crippen molar-refractivity contribution in [1.29, 1.82) is 0 Å². The minimum atomic E-state index is 0. The number of nitrogens with zero attached hydrogens (tertiary/aromatic N) is 2. The third kappa shape index (κ3) is 4.71. The van der Waals surface area contributed by atoms with Crippen molar-refractivity contribution < 1.29 is 9.47 Å². The normalized spacial score (nSPS) is 13.9. The van der Waals surface area contributed by atoms with Gasteiger partial charge in [-0.15, -0.1) is 35.3 Å². The summed E-state index contributed by atoms with van der Waals surface area (Å²) in [6.07, 6.45) is 0.884. The van der Waals surface area contributed by atoms with E-state index in [1.54, 1.807) is 11.3 Å². The first-order valence-electron chi connectivity index (χ1n) is 7.08. The zero-order valence-corrected chi connectivity index (χ0v) is 15.9. The Balaban J connectivity index is 0.00000192. The predicted octanol–water partition coefficient (Wildman–Crippen LogP) is 3.16. The Morgan fingerprint density at radius 1 is 1.35 bits per heavy atom. The smallest absolute Gasteiger partial charge is 0.193 e. The van der Waals surface area contributed by atoms with Crippen molar-refractivity contribution in [3.05, 3.63) is 34.3 Å². The topological polar surface area (TPSA) is 81.8 Å². The lowest BCUT2D eigenvalue weighted by atomic mass is 10.3. The number of halogens is 1. The fourth-order valence-corrected chi connectivity index (χ4v) is 2.76. The number of benzene rings is 1. The summed E-state index contributed by atoms with van der Waals surface area (Å²) in [6, 6.07) is 5.65. The van der Waals surface area contributed by atoms with Crippen molar-refractivity contribution >= 4 is 47.0 Å². The van der Waals surface area contributed by atoms with Crippen LogP contribution in [0.3, 0.4) is 0 Å². The Bertz CT molecular complexity index is 690. The molecule has 0 amide bonds. The molecule has 0 bridgehead atoms. The molecule has 0 fully saturated rings. The third-order valence-electron chi connectivity index (χ3n) is 3.26. The number of aliphatic imine (C=N–C) groups is 1. The Hall–Kier alpha value is -1.55. The molecule has 2 heterocycles. The molecule has 3 N–H and O–H groups in total. The number of fused-ring (bicyclic) bond motifs is 1. The van der Waals surface area contributed by atoms with Gasteiger partial charge in [0.1, 0.15) is 0 Å². The van der Waals surface area contributed by atoms with E-state index >= 15 is 0 Å². The maximum atomic E-state index is 5.93. The molecule has 0 saturated carbocycles. The van der Waals surface area contributed by atoms with Gasteiger partial charge < -0.3 is 20.5 Å². The van der Waals surface area contributed by atoms with Crippen LogP contribution in [0.5, 0.6) is 11.5 Å². The predicted molar refractivity (Wildman–Crippen MR) is 103 cm³/mol. The molecule has 2 aromatic rings. The summed E-state index contributed by atoms with van der Waals surface area (Å²) in [5, 5.41) is 3.07. The average molecular weight is 446 g/mol. The molecule has 0 saturated heterocycles. The van der Waals surface area contributed by atoms with Crippen LogP contribution in [0.1, 0.15) is 17.0 Å². The van der Waals surface area contributed by atoms with E-state index in [4.69, 9.17) is 15.2 Å². The summed E-state index contributed by atoms with van der Waals surface area (Å²) in [4.78, 5) is 9.64. The first-order valence-corrected chi connectivity index (χ1v) is 7.96. The van der Waals surface area contributed by atoms with E-state index in [1.165, 1.54) is 0 Å². The van der Waals surface area contributed by atoms with E-state index in [9.17, 15) is 0 Å². The highest BCUT2D eigenvalue weighted by Gasteiger charge is 2.11. The molecule has 6 nitrogen and oxygen atoms in total. The number of nitrogens with one attached hydrogen (secondary N) is 1. The van der Waals surface area contributed by atoms with Crippen LogP contribution in [0.4, 0.5) is 5.69 Å². The summed E-state index contributed by atoms with van der Waals surface area (Å²) < 4.78 is 11.3. The summed E-state index contributed by atoms with van der Waals surface area (Å²) in [5.74, 6) is 1.86. The lowest BCUT2D eigenvalue weighted by molar-refractivity contribution is 0.297. The molecule has 1 aliphatic heterocycles. The molecule has 1 aliphatic rings. The number of anilines is 1. The van der Waals surface area contributed by atoms with Crippen LogP contribution < -0.4 is 20.5 Å². The maximum Gasteiger partial charge on any atom is 0.193 e. The van der Waals surface area contributed by atoms with E-state index < -0.39 is 0 Å². The number of rotatable bonds is 3. The average Bonchev–Trinajstić information content (AvgIpc) is 2.78. The van der Waals surface area contributed by atoms with Crippen molar-refractivity contribution in [3.63, 3.8) is 0 Å². The van der Waals surface area contributed by atoms with Gasteiger partial charge in [-0.25, -0.2) is 9.98 Å². The summed E-state index contributed by atoms with van der Waals surface area (Å²) in [5.41, 5.74) is 9.57. The molecule has 3 rings (SSSR count). The lowest BCUT2D eigenvalue weighted by Gasteiger charge is -2.10. The quantitative estimate of drug-likeness (QED) is 0.430. The molecule has 1 aromatic carbocycles. The third-order valence-corrected chi connectivity index (χ3v) is 4.18. The molecule has 1 aromatic heterocycles. The van der Waals surface area contributed by atoms with Crippen molar-refractivity contribution in [3.8, 4) is 11.5 Å². The molecule has 0 aliphatic carbocycles. The number of guanidine groups is 1. The molecule has 124 valence electrons. The van der Waals surface area contributed by atoms with Gasteiger partial charge in [0.25, 0.3) is 0 Å². The number of hydrogen-bond acceptors (Lipinski definition) is 5. The highest BCUT2D eigenvalue weighted by Crippen LogP contribution is 2.32. The van der Waals surface area contributed by atoms with Gasteiger partial charge in [-0.3, -0.25) is 0 Å². The molecular formula is C15H19IN4O2S. The largest absolute Gasteiger partial charge is 0.490 e. The van der Waals surface area contributed by atoms with Crippen molar-refractivity contribution in [1.82, 2.24) is 4.98 Å². The van der Waals surface area contributed by atoms with Gasteiger partial charge in [0.05, 0.1) is 31.0 Å². The summed E-state index contributed by atoms with van der Waals surface area (Å²) >= 11 is 1.58. The van der Waals surface area contributed by atoms with E-state index in [0.717, 1.165) is 34.2 Å². The number of thiazole rings is 1. The Morgan fingerprint density at radius 3 is 2.87 bits per heavy atom. The molecule has 0 atom stereocenters. The highest BCUT2D eigenvalue weighted by atomic mass is 127. The first kappa shape index (κ1) is 17.8. The van der Waals surface area contributed by atoms with Crippen molar-refractivity contribution in [2.45, 2.75) is 19.9 Å². The number of ether oxygens (including phenoxy) is 2. The minimum Gasteiger partial charge on any atom is -0.490 e. The SMILES string of the molecule is Cc1ncsc1CN=C(N)Nc1ccc2c(c1)OCCCO2.I. The van der Waals surface area contributed by atoms with Gasteiger partial charge in [0, 0.05) is 23.1 Å². The van der Waals surface area contributed by atoms with Crippen LogP contribution in [-0.2, 0) is 6.54 Å². The standard InChI is InChI=1S/C15H18N4O2S.HI/c1-10-14(22-9-18-10)8-17-15(16)19-11-3-4-12-13(7-11)21-6-2-5-20-12;/h3-4,7,9H,2,5-6,8H2,1H3,(H3,16,17,19);1H. The van der Waals surface area contributed by atoms with Crippen LogP contribution in [-0.4, -0.2) is 24.2 Å². The summed E-state index contributed by atoms with van der Waals surface area (Å²) in [6.45, 7) is 3.83.